The quantitative estimate of drug-likeness (QED) is 0.483. The Hall–Kier alpha value is -0.990. The maximum absolute atomic E-state index is 9.75. The smallest absolute Gasteiger partial charge is 0.417 e. The lowest BCUT2D eigenvalue weighted by molar-refractivity contribution is 0.194. The highest BCUT2D eigenvalue weighted by Gasteiger charge is 1.86. The SMILES string of the molecule is CC(C)=COC([NH])=O. The Kier molecular flexibility index (Phi) is 2.69. The second kappa shape index (κ2) is 3.07. The monoisotopic (exact) mass is 114 g/mol. The van der Waals surface area contributed by atoms with E-state index in [2.05, 4.69) is 4.74 Å². The van der Waals surface area contributed by atoms with Crippen LogP contribution in [0.3, 0.4) is 0 Å². The molecular formula is C5H8NO2. The summed E-state index contributed by atoms with van der Waals surface area (Å²) in [4.78, 5) is 9.75. The predicted octanol–water partition coefficient (Wildman–Crippen LogP) is 1.33. The Morgan fingerprint density at radius 2 is 2.12 bits per heavy atom. The number of hydrogen-bond acceptors (Lipinski definition) is 2. The number of amides is 1. The Morgan fingerprint density at radius 1 is 1.62 bits per heavy atom. The number of rotatable bonds is 1. The number of carbonyl (C=O) groups excluding carboxylic acids is 1. The van der Waals surface area contributed by atoms with Crippen LogP contribution in [0.1, 0.15) is 13.8 Å². The highest BCUT2D eigenvalue weighted by molar-refractivity contribution is 5.64. The van der Waals surface area contributed by atoms with Gasteiger partial charge in [-0.1, -0.05) is 0 Å². The highest BCUT2D eigenvalue weighted by atomic mass is 16.5. The number of ether oxygens (including phenoxy) is 1. The van der Waals surface area contributed by atoms with E-state index in [0.717, 1.165) is 5.57 Å². The van der Waals surface area contributed by atoms with Crippen molar-refractivity contribution in [1.82, 2.24) is 5.73 Å². The lowest BCUT2D eigenvalue weighted by Gasteiger charge is -1.88. The summed E-state index contributed by atoms with van der Waals surface area (Å²) in [6.45, 7) is 3.56. The van der Waals surface area contributed by atoms with Crippen LogP contribution in [0.2, 0.25) is 0 Å². The fourth-order valence-electron chi connectivity index (χ4n) is 0.171. The maximum atomic E-state index is 9.75. The van der Waals surface area contributed by atoms with Crippen molar-refractivity contribution in [3.8, 4) is 0 Å². The third-order valence-corrected chi connectivity index (χ3v) is 0.402. The Balaban J connectivity index is 3.45. The first-order valence-corrected chi connectivity index (χ1v) is 2.18. The van der Waals surface area contributed by atoms with Gasteiger partial charge in [0.2, 0.25) is 0 Å². The van der Waals surface area contributed by atoms with Crippen molar-refractivity contribution in [2.24, 2.45) is 0 Å². The molecular weight excluding hydrogens is 106 g/mol. The molecule has 0 aliphatic rings. The van der Waals surface area contributed by atoms with Gasteiger partial charge in [-0.25, -0.2) is 10.5 Å². The van der Waals surface area contributed by atoms with E-state index in [1.54, 1.807) is 13.8 Å². The largest absolute Gasteiger partial charge is 0.430 e. The van der Waals surface area contributed by atoms with Crippen LogP contribution >= 0.6 is 0 Å². The molecule has 1 amide bonds. The molecule has 0 bridgehead atoms. The van der Waals surface area contributed by atoms with Gasteiger partial charge >= 0.3 is 6.09 Å². The zero-order valence-corrected chi connectivity index (χ0v) is 4.89. The number of hydrogen-bond donors (Lipinski definition) is 0. The summed E-state index contributed by atoms with van der Waals surface area (Å²) < 4.78 is 4.17. The molecule has 0 fully saturated rings. The van der Waals surface area contributed by atoms with Gasteiger partial charge in [-0.3, -0.25) is 0 Å². The normalized spacial score (nSPS) is 7.75. The summed E-state index contributed by atoms with van der Waals surface area (Å²) in [5, 5.41) is 0. The zero-order valence-electron chi connectivity index (χ0n) is 4.89. The molecule has 0 heterocycles. The van der Waals surface area contributed by atoms with Crippen LogP contribution < -0.4 is 5.73 Å². The molecule has 0 unspecified atom stereocenters. The summed E-state index contributed by atoms with van der Waals surface area (Å²) in [6.07, 6.45) is 0.223. The topological polar surface area (TPSA) is 50.1 Å². The average molecular weight is 114 g/mol. The zero-order chi connectivity index (χ0) is 6.57. The molecule has 3 heteroatoms. The van der Waals surface area contributed by atoms with Gasteiger partial charge in [-0.2, -0.15) is 0 Å². The van der Waals surface area contributed by atoms with E-state index in [1.165, 1.54) is 6.26 Å². The first kappa shape index (κ1) is 7.01. The van der Waals surface area contributed by atoms with E-state index < -0.39 is 6.09 Å². The lowest BCUT2D eigenvalue weighted by atomic mass is 10.4. The van der Waals surface area contributed by atoms with E-state index in [1.807, 2.05) is 0 Å². The third-order valence-electron chi connectivity index (χ3n) is 0.402. The lowest BCUT2D eigenvalue weighted by Crippen LogP contribution is -1.95. The minimum Gasteiger partial charge on any atom is -0.417 e. The molecule has 45 valence electrons. The van der Waals surface area contributed by atoms with Crippen molar-refractivity contribution >= 4 is 6.09 Å². The first-order chi connectivity index (χ1) is 3.63. The summed E-state index contributed by atoms with van der Waals surface area (Å²) in [5.41, 5.74) is 7.13. The van der Waals surface area contributed by atoms with E-state index in [0.29, 0.717) is 0 Å². The van der Waals surface area contributed by atoms with Gasteiger partial charge in [-0.15, -0.1) is 0 Å². The minimum absolute atomic E-state index is 0.866. The fraction of sp³-hybridized carbons (Fsp3) is 0.400. The van der Waals surface area contributed by atoms with Gasteiger partial charge in [0.15, 0.2) is 0 Å². The van der Waals surface area contributed by atoms with Crippen molar-refractivity contribution in [1.29, 1.82) is 0 Å². The molecule has 0 rings (SSSR count). The first-order valence-electron chi connectivity index (χ1n) is 2.18. The number of carbonyl (C=O) groups is 1. The van der Waals surface area contributed by atoms with Crippen LogP contribution in [-0.4, -0.2) is 6.09 Å². The molecule has 1 N–H and O–H groups in total. The van der Waals surface area contributed by atoms with E-state index in [9.17, 15) is 4.79 Å². The molecule has 0 spiro atoms. The van der Waals surface area contributed by atoms with Crippen molar-refractivity contribution in [3.63, 3.8) is 0 Å². The van der Waals surface area contributed by atoms with Crippen LogP contribution in [0, 0.1) is 0 Å². The second-order valence-corrected chi connectivity index (χ2v) is 1.60. The van der Waals surface area contributed by atoms with E-state index in [-0.39, 0.29) is 0 Å². The van der Waals surface area contributed by atoms with Crippen LogP contribution in [0.25, 0.3) is 0 Å². The Bertz CT molecular complexity index is 114. The molecule has 8 heavy (non-hydrogen) atoms. The predicted molar refractivity (Wildman–Crippen MR) is 29.0 cm³/mol. The molecule has 1 radical (unpaired) electrons. The molecule has 0 aliphatic heterocycles. The van der Waals surface area contributed by atoms with Gasteiger partial charge < -0.3 is 4.74 Å². The fourth-order valence-corrected chi connectivity index (χ4v) is 0.171. The summed E-state index contributed by atoms with van der Waals surface area (Å²) >= 11 is 0. The average Bonchev–Trinajstić information content (AvgIpc) is 1.61. The second-order valence-electron chi connectivity index (χ2n) is 1.60. The van der Waals surface area contributed by atoms with Gasteiger partial charge in [0.25, 0.3) is 0 Å². The van der Waals surface area contributed by atoms with Gasteiger partial charge in [0.1, 0.15) is 0 Å². The van der Waals surface area contributed by atoms with Crippen molar-refractivity contribution in [3.05, 3.63) is 11.8 Å². The number of nitrogens with one attached hydrogen (secondary N) is 1. The number of allylic oxidation sites excluding steroid dienone is 1. The molecule has 0 aromatic rings. The maximum Gasteiger partial charge on any atom is 0.430 e. The van der Waals surface area contributed by atoms with E-state index >= 15 is 0 Å². The minimum atomic E-state index is -1.02. The molecule has 0 saturated carbocycles. The van der Waals surface area contributed by atoms with Crippen molar-refractivity contribution in [2.75, 3.05) is 0 Å². The molecule has 0 saturated heterocycles. The van der Waals surface area contributed by atoms with E-state index in [4.69, 9.17) is 5.73 Å². The van der Waals surface area contributed by atoms with Gasteiger partial charge in [-0.05, 0) is 19.4 Å². The molecule has 0 aliphatic carbocycles. The Morgan fingerprint density at radius 3 is 2.25 bits per heavy atom. The van der Waals surface area contributed by atoms with Crippen LogP contribution in [-0.2, 0) is 4.74 Å². The van der Waals surface area contributed by atoms with Gasteiger partial charge in [0.05, 0.1) is 6.26 Å². The molecule has 0 atom stereocenters. The third kappa shape index (κ3) is 5.01. The summed E-state index contributed by atoms with van der Waals surface area (Å²) in [5.74, 6) is 0. The van der Waals surface area contributed by atoms with Crippen molar-refractivity contribution in [2.45, 2.75) is 13.8 Å². The van der Waals surface area contributed by atoms with Crippen LogP contribution in [0.15, 0.2) is 11.8 Å². The summed E-state index contributed by atoms with van der Waals surface area (Å²) in [7, 11) is 0. The molecule has 0 aromatic heterocycles. The van der Waals surface area contributed by atoms with Gasteiger partial charge in [0, 0.05) is 0 Å². The molecule has 3 nitrogen and oxygen atoms in total. The van der Waals surface area contributed by atoms with Crippen LogP contribution in [0.5, 0.6) is 0 Å². The van der Waals surface area contributed by atoms with Crippen molar-refractivity contribution < 1.29 is 9.53 Å². The molecule has 0 aromatic carbocycles. The Labute approximate surface area is 48.1 Å². The standard InChI is InChI=1S/C5H8NO2/c1-4(2)3-8-5(6)7/h3,6H,1-2H3. The summed E-state index contributed by atoms with van der Waals surface area (Å²) in [6, 6.07) is 0. The van der Waals surface area contributed by atoms with Crippen LogP contribution in [0.4, 0.5) is 4.79 Å². The highest BCUT2D eigenvalue weighted by Crippen LogP contribution is 1.88.